The molecule has 0 aromatic heterocycles. The fraction of sp³-hybridized carbons (Fsp3) is 0.909. The Balaban J connectivity index is 0.000000791. The molecule has 1 atom stereocenters. The van der Waals surface area contributed by atoms with Gasteiger partial charge < -0.3 is 10.6 Å². The van der Waals surface area contributed by atoms with Gasteiger partial charge in [0.05, 0.1) is 6.04 Å². The molecule has 0 radical (unpaired) electrons. The lowest BCUT2D eigenvalue weighted by atomic mass is 9.93. The number of carbonyl (C=O) groups is 1. The Morgan fingerprint density at radius 1 is 1.50 bits per heavy atom. The molecule has 1 rings (SSSR count). The molecule has 3 heteroatoms. The summed E-state index contributed by atoms with van der Waals surface area (Å²) in [5.41, 5.74) is 0. The number of likely N-dealkylation sites (N-methyl/N-ethyl adjacent to an activating group) is 1. The SMILES string of the molecule is CC.CCNC(CC1CNC1)C(C)=O. The Morgan fingerprint density at radius 2 is 2.07 bits per heavy atom. The Hall–Kier alpha value is -0.410. The van der Waals surface area contributed by atoms with Crippen LogP contribution < -0.4 is 10.6 Å². The summed E-state index contributed by atoms with van der Waals surface area (Å²) < 4.78 is 0. The third-order valence-corrected chi connectivity index (χ3v) is 2.38. The smallest absolute Gasteiger partial charge is 0.146 e. The van der Waals surface area contributed by atoms with Crippen molar-refractivity contribution < 1.29 is 4.79 Å². The molecule has 1 aliphatic heterocycles. The lowest BCUT2D eigenvalue weighted by Crippen LogP contribution is -2.47. The largest absolute Gasteiger partial charge is 0.316 e. The van der Waals surface area contributed by atoms with E-state index < -0.39 is 0 Å². The van der Waals surface area contributed by atoms with Crippen LogP contribution in [0.15, 0.2) is 0 Å². The monoisotopic (exact) mass is 200 g/mol. The molecule has 1 aliphatic rings. The fourth-order valence-electron chi connectivity index (χ4n) is 1.49. The lowest BCUT2D eigenvalue weighted by molar-refractivity contribution is -0.119. The van der Waals surface area contributed by atoms with Gasteiger partial charge in [-0.25, -0.2) is 0 Å². The van der Waals surface area contributed by atoms with Gasteiger partial charge in [0.15, 0.2) is 0 Å². The van der Waals surface area contributed by atoms with Crippen LogP contribution in [0.2, 0.25) is 0 Å². The lowest BCUT2D eigenvalue weighted by Gasteiger charge is -2.30. The maximum Gasteiger partial charge on any atom is 0.146 e. The molecule has 1 unspecified atom stereocenters. The minimum absolute atomic E-state index is 0.0853. The predicted molar refractivity (Wildman–Crippen MR) is 60.5 cm³/mol. The zero-order valence-corrected chi connectivity index (χ0v) is 9.89. The second kappa shape index (κ2) is 7.94. The minimum Gasteiger partial charge on any atom is -0.316 e. The topological polar surface area (TPSA) is 41.1 Å². The third kappa shape index (κ3) is 4.72. The van der Waals surface area contributed by atoms with Crippen LogP contribution in [0.1, 0.15) is 34.1 Å². The van der Waals surface area contributed by atoms with E-state index in [1.807, 2.05) is 20.8 Å². The van der Waals surface area contributed by atoms with Crippen molar-refractivity contribution in [3.8, 4) is 0 Å². The van der Waals surface area contributed by atoms with Crippen LogP contribution in [-0.4, -0.2) is 31.5 Å². The molecular formula is C11H24N2O. The van der Waals surface area contributed by atoms with E-state index in [0.29, 0.717) is 5.92 Å². The number of carbonyl (C=O) groups excluding carboxylic acids is 1. The van der Waals surface area contributed by atoms with Gasteiger partial charge in [0, 0.05) is 0 Å². The van der Waals surface area contributed by atoms with Gasteiger partial charge in [-0.2, -0.15) is 0 Å². The average Bonchev–Trinajstić information content (AvgIpc) is 2.12. The fourth-order valence-corrected chi connectivity index (χ4v) is 1.49. The van der Waals surface area contributed by atoms with Crippen LogP contribution in [0.4, 0.5) is 0 Å². The van der Waals surface area contributed by atoms with Crippen molar-refractivity contribution in [3.05, 3.63) is 0 Å². The van der Waals surface area contributed by atoms with Crippen molar-refractivity contribution in [1.82, 2.24) is 10.6 Å². The van der Waals surface area contributed by atoms with Gasteiger partial charge >= 0.3 is 0 Å². The van der Waals surface area contributed by atoms with Crippen LogP contribution in [0.25, 0.3) is 0 Å². The van der Waals surface area contributed by atoms with Crippen molar-refractivity contribution in [2.24, 2.45) is 5.92 Å². The summed E-state index contributed by atoms with van der Waals surface area (Å²) in [6.45, 7) is 10.7. The van der Waals surface area contributed by atoms with E-state index in [2.05, 4.69) is 10.6 Å². The molecule has 0 aromatic carbocycles. The van der Waals surface area contributed by atoms with Crippen molar-refractivity contribution in [3.63, 3.8) is 0 Å². The third-order valence-electron chi connectivity index (χ3n) is 2.38. The number of ketones is 1. The highest BCUT2D eigenvalue weighted by Crippen LogP contribution is 2.11. The van der Waals surface area contributed by atoms with E-state index in [4.69, 9.17) is 0 Å². The van der Waals surface area contributed by atoms with Gasteiger partial charge in [0.1, 0.15) is 5.78 Å². The molecule has 0 saturated carbocycles. The molecule has 0 aliphatic carbocycles. The first-order chi connectivity index (χ1) is 6.74. The predicted octanol–water partition coefficient (Wildman–Crippen LogP) is 1.19. The molecule has 0 amide bonds. The first-order valence-electron chi connectivity index (χ1n) is 5.68. The van der Waals surface area contributed by atoms with Crippen molar-refractivity contribution >= 4 is 5.78 Å². The molecule has 1 saturated heterocycles. The summed E-state index contributed by atoms with van der Waals surface area (Å²) in [6.07, 6.45) is 0.996. The zero-order chi connectivity index (χ0) is 11.0. The van der Waals surface area contributed by atoms with Gasteiger partial charge in [-0.05, 0) is 38.9 Å². The Bertz CT molecular complexity index is 155. The summed E-state index contributed by atoms with van der Waals surface area (Å²) in [5, 5.41) is 6.41. The number of nitrogens with one attached hydrogen (secondary N) is 2. The van der Waals surface area contributed by atoms with E-state index in [0.717, 1.165) is 26.1 Å². The minimum atomic E-state index is 0.0853. The van der Waals surface area contributed by atoms with Gasteiger partial charge in [-0.1, -0.05) is 20.8 Å². The Morgan fingerprint density at radius 3 is 2.36 bits per heavy atom. The van der Waals surface area contributed by atoms with E-state index in [1.165, 1.54) is 0 Å². The molecule has 84 valence electrons. The molecular weight excluding hydrogens is 176 g/mol. The summed E-state index contributed by atoms with van der Waals surface area (Å²) in [5.74, 6) is 0.974. The second-order valence-electron chi connectivity index (χ2n) is 3.48. The number of hydrogen-bond donors (Lipinski definition) is 2. The molecule has 0 spiro atoms. The molecule has 0 bridgehead atoms. The first kappa shape index (κ1) is 13.6. The van der Waals surface area contributed by atoms with Crippen molar-refractivity contribution in [2.75, 3.05) is 19.6 Å². The average molecular weight is 200 g/mol. The van der Waals surface area contributed by atoms with Gasteiger partial charge in [0.2, 0.25) is 0 Å². The van der Waals surface area contributed by atoms with E-state index >= 15 is 0 Å². The molecule has 1 fully saturated rings. The molecule has 2 N–H and O–H groups in total. The highest BCUT2D eigenvalue weighted by atomic mass is 16.1. The quantitative estimate of drug-likeness (QED) is 0.700. The Kier molecular flexibility index (Phi) is 7.71. The van der Waals surface area contributed by atoms with E-state index in [1.54, 1.807) is 6.92 Å². The first-order valence-corrected chi connectivity index (χ1v) is 5.68. The van der Waals surface area contributed by atoms with Gasteiger partial charge in [-0.15, -0.1) is 0 Å². The van der Waals surface area contributed by atoms with Crippen LogP contribution >= 0.6 is 0 Å². The van der Waals surface area contributed by atoms with Crippen LogP contribution in [0.5, 0.6) is 0 Å². The van der Waals surface area contributed by atoms with Gasteiger partial charge in [0.25, 0.3) is 0 Å². The normalized spacial score (nSPS) is 17.7. The van der Waals surface area contributed by atoms with E-state index in [9.17, 15) is 4.79 Å². The number of hydrogen-bond acceptors (Lipinski definition) is 3. The van der Waals surface area contributed by atoms with Crippen molar-refractivity contribution in [2.45, 2.75) is 40.2 Å². The van der Waals surface area contributed by atoms with Crippen LogP contribution in [0, 0.1) is 5.92 Å². The highest BCUT2D eigenvalue weighted by molar-refractivity contribution is 5.81. The number of rotatable bonds is 5. The summed E-state index contributed by atoms with van der Waals surface area (Å²) in [7, 11) is 0. The Labute approximate surface area is 87.6 Å². The highest BCUT2D eigenvalue weighted by Gasteiger charge is 2.23. The van der Waals surface area contributed by atoms with Crippen molar-refractivity contribution in [1.29, 1.82) is 0 Å². The zero-order valence-electron chi connectivity index (χ0n) is 9.89. The summed E-state index contributed by atoms with van der Waals surface area (Å²) >= 11 is 0. The standard InChI is InChI=1S/C9H18N2O.C2H6/c1-3-11-9(7(2)12)4-8-5-10-6-8;1-2/h8-11H,3-6H2,1-2H3;1-2H3. The molecule has 14 heavy (non-hydrogen) atoms. The molecule has 1 heterocycles. The molecule has 0 aromatic rings. The van der Waals surface area contributed by atoms with Gasteiger partial charge in [-0.3, -0.25) is 4.79 Å². The van der Waals surface area contributed by atoms with Crippen LogP contribution in [-0.2, 0) is 4.79 Å². The summed E-state index contributed by atoms with van der Waals surface area (Å²) in [4.78, 5) is 11.1. The summed E-state index contributed by atoms with van der Waals surface area (Å²) in [6, 6.07) is 0.0853. The maximum atomic E-state index is 11.1. The molecule has 3 nitrogen and oxygen atoms in total. The van der Waals surface area contributed by atoms with Crippen LogP contribution in [0.3, 0.4) is 0 Å². The number of Topliss-reactive ketones (excluding diaryl/α,β-unsaturated/α-hetero) is 1. The second-order valence-corrected chi connectivity index (χ2v) is 3.48. The maximum absolute atomic E-state index is 11.1. The van der Waals surface area contributed by atoms with E-state index in [-0.39, 0.29) is 11.8 Å².